The average Bonchev–Trinajstić information content (AvgIpc) is 2.83. The van der Waals surface area contributed by atoms with Crippen LogP contribution in [0.4, 0.5) is 8.78 Å². The zero-order chi connectivity index (χ0) is 17.2. The molecule has 0 aromatic heterocycles. The fourth-order valence-electron chi connectivity index (χ4n) is 2.65. The Morgan fingerprint density at radius 2 is 2.09 bits per heavy atom. The molecular weight excluding hydrogens is 328 g/mol. The van der Waals surface area contributed by atoms with E-state index in [1.165, 1.54) is 0 Å². The van der Waals surface area contributed by atoms with Crippen LogP contribution in [0.2, 0.25) is 0 Å². The van der Waals surface area contributed by atoms with Crippen molar-refractivity contribution in [3.05, 3.63) is 35.4 Å². The molecule has 0 spiro atoms. The smallest absolute Gasteiger partial charge is 0.217 e. The summed E-state index contributed by atoms with van der Waals surface area (Å²) in [5, 5.41) is 9.81. The van der Waals surface area contributed by atoms with Gasteiger partial charge in [0, 0.05) is 12.1 Å². The van der Waals surface area contributed by atoms with Crippen molar-refractivity contribution in [2.75, 3.05) is 18.9 Å². The molecule has 1 aromatic carbocycles. The van der Waals surface area contributed by atoms with Gasteiger partial charge < -0.3 is 9.84 Å². The summed E-state index contributed by atoms with van der Waals surface area (Å²) in [4.78, 5) is 0. The predicted molar refractivity (Wildman–Crippen MR) is 81.3 cm³/mol. The van der Waals surface area contributed by atoms with Crippen molar-refractivity contribution < 1.29 is 27.0 Å². The molecule has 1 fully saturated rings. The van der Waals surface area contributed by atoms with E-state index in [2.05, 4.69) is 0 Å². The van der Waals surface area contributed by atoms with Crippen LogP contribution in [0, 0.1) is 11.6 Å². The summed E-state index contributed by atoms with van der Waals surface area (Å²) < 4.78 is 58.6. The number of hydrogen-bond donors (Lipinski definition) is 1. The van der Waals surface area contributed by atoms with E-state index in [9.17, 15) is 22.3 Å². The van der Waals surface area contributed by atoms with Gasteiger partial charge in [0.1, 0.15) is 11.6 Å². The second kappa shape index (κ2) is 7.21. The molecule has 0 radical (unpaired) electrons. The molecule has 23 heavy (non-hydrogen) atoms. The van der Waals surface area contributed by atoms with Crippen molar-refractivity contribution in [3.63, 3.8) is 0 Å². The molecular formula is C15H21F2NO4S. The molecule has 8 heteroatoms. The van der Waals surface area contributed by atoms with Crippen LogP contribution in [0.1, 0.15) is 31.9 Å². The van der Waals surface area contributed by atoms with Crippen molar-refractivity contribution in [1.29, 1.82) is 0 Å². The van der Waals surface area contributed by atoms with E-state index in [4.69, 9.17) is 4.74 Å². The average molecular weight is 349 g/mol. The van der Waals surface area contributed by atoms with E-state index < -0.39 is 33.8 Å². The second-order valence-corrected chi connectivity index (χ2v) is 7.92. The Hall–Kier alpha value is -1.09. The normalized spacial score (nSPS) is 22.9. The molecule has 0 saturated carbocycles. The lowest BCUT2D eigenvalue weighted by molar-refractivity contribution is 0.0905. The van der Waals surface area contributed by atoms with Gasteiger partial charge in [-0.1, -0.05) is 0 Å². The second-order valence-electron chi connectivity index (χ2n) is 5.88. The first-order valence-electron chi connectivity index (χ1n) is 7.45. The van der Waals surface area contributed by atoms with Gasteiger partial charge in [-0.15, -0.1) is 0 Å². The number of sulfonamides is 1. The molecule has 0 bridgehead atoms. The third kappa shape index (κ3) is 4.47. The van der Waals surface area contributed by atoms with Gasteiger partial charge in [0.25, 0.3) is 0 Å². The van der Waals surface area contributed by atoms with Crippen molar-refractivity contribution in [3.8, 4) is 0 Å². The minimum atomic E-state index is -3.76. The number of aliphatic hydroxyl groups is 1. The molecule has 0 unspecified atom stereocenters. The highest BCUT2D eigenvalue weighted by Gasteiger charge is 2.40. The molecule has 1 aliphatic heterocycles. The monoisotopic (exact) mass is 349 g/mol. The van der Waals surface area contributed by atoms with Crippen LogP contribution in [0.25, 0.3) is 0 Å². The Kier molecular flexibility index (Phi) is 5.72. The number of benzene rings is 1. The minimum Gasteiger partial charge on any atom is -0.392 e. The van der Waals surface area contributed by atoms with Crippen molar-refractivity contribution >= 4 is 10.0 Å². The van der Waals surface area contributed by atoms with Gasteiger partial charge >= 0.3 is 0 Å². The number of rotatable bonds is 6. The predicted octanol–water partition coefficient (Wildman–Crippen LogP) is 1.83. The summed E-state index contributed by atoms with van der Waals surface area (Å²) in [7, 11) is -3.76. The number of ether oxygens (including phenoxy) is 1. The zero-order valence-electron chi connectivity index (χ0n) is 13.1. The molecule has 2 atom stereocenters. The first kappa shape index (κ1) is 18.3. The van der Waals surface area contributed by atoms with E-state index in [-0.39, 0.29) is 37.0 Å². The van der Waals surface area contributed by atoms with Crippen LogP contribution < -0.4 is 0 Å². The maximum absolute atomic E-state index is 14.0. The molecule has 0 amide bonds. The van der Waals surface area contributed by atoms with E-state index in [0.29, 0.717) is 0 Å². The topological polar surface area (TPSA) is 66.8 Å². The van der Waals surface area contributed by atoms with Gasteiger partial charge in [-0.2, -0.15) is 4.31 Å². The van der Waals surface area contributed by atoms with Gasteiger partial charge in [-0.3, -0.25) is 0 Å². The fourth-order valence-corrected chi connectivity index (χ4v) is 4.18. The summed E-state index contributed by atoms with van der Waals surface area (Å²) in [5.41, 5.74) is -0.0603. The zero-order valence-corrected chi connectivity index (χ0v) is 13.9. The van der Waals surface area contributed by atoms with Crippen molar-refractivity contribution in [2.24, 2.45) is 0 Å². The summed E-state index contributed by atoms with van der Waals surface area (Å²) in [5.74, 6) is -1.61. The lowest BCUT2D eigenvalue weighted by Gasteiger charge is -2.24. The molecule has 1 aliphatic rings. The van der Waals surface area contributed by atoms with Crippen LogP contribution in [0.3, 0.4) is 0 Å². The van der Waals surface area contributed by atoms with Gasteiger partial charge in [0.05, 0.1) is 30.6 Å². The third-order valence-corrected chi connectivity index (χ3v) is 5.50. The first-order chi connectivity index (χ1) is 10.7. The van der Waals surface area contributed by atoms with Crippen LogP contribution in [-0.4, -0.2) is 48.9 Å². The molecule has 1 saturated heterocycles. The van der Waals surface area contributed by atoms with Gasteiger partial charge in [-0.05, 0) is 38.5 Å². The lowest BCUT2D eigenvalue weighted by Crippen LogP contribution is -2.35. The van der Waals surface area contributed by atoms with Crippen LogP contribution in [0.15, 0.2) is 18.2 Å². The van der Waals surface area contributed by atoms with Crippen molar-refractivity contribution in [2.45, 2.75) is 38.5 Å². The Morgan fingerprint density at radius 3 is 2.74 bits per heavy atom. The number of nitrogens with zero attached hydrogens (tertiary/aromatic N) is 1. The number of aliphatic hydroxyl groups excluding tert-OH is 1. The lowest BCUT2D eigenvalue weighted by atomic mass is 10.0. The largest absolute Gasteiger partial charge is 0.392 e. The highest BCUT2D eigenvalue weighted by molar-refractivity contribution is 7.89. The molecule has 1 N–H and O–H groups in total. The van der Waals surface area contributed by atoms with Crippen LogP contribution in [0.5, 0.6) is 0 Å². The molecule has 1 aromatic rings. The number of halogens is 2. The van der Waals surface area contributed by atoms with Crippen LogP contribution in [-0.2, 0) is 14.8 Å². The minimum absolute atomic E-state index is 0.00491. The Morgan fingerprint density at radius 1 is 1.39 bits per heavy atom. The molecule has 1 heterocycles. The summed E-state index contributed by atoms with van der Waals surface area (Å²) in [6.45, 7) is 3.45. The quantitative estimate of drug-likeness (QED) is 0.851. The van der Waals surface area contributed by atoms with E-state index in [1.54, 1.807) is 13.8 Å². The van der Waals surface area contributed by atoms with E-state index in [1.807, 2.05) is 0 Å². The van der Waals surface area contributed by atoms with E-state index >= 15 is 0 Å². The van der Waals surface area contributed by atoms with Gasteiger partial charge in [0.2, 0.25) is 10.0 Å². The maximum atomic E-state index is 14.0. The molecule has 130 valence electrons. The van der Waals surface area contributed by atoms with Gasteiger partial charge in [0.15, 0.2) is 0 Å². The molecule has 2 rings (SSSR count). The molecule has 0 aliphatic carbocycles. The van der Waals surface area contributed by atoms with Crippen LogP contribution >= 0.6 is 0 Å². The number of β-amino-alcohol motifs (C(OH)–C–C–N with tert-alkyl or cyclic N) is 1. The first-order valence-corrected chi connectivity index (χ1v) is 9.05. The Balaban J connectivity index is 2.23. The SMILES string of the molecule is CC(C)OCCS(=O)(=O)N1C[C@H](O)C[C@@H]1c1cc(F)ccc1F. The van der Waals surface area contributed by atoms with Gasteiger partial charge in [-0.25, -0.2) is 17.2 Å². The fraction of sp³-hybridized carbons (Fsp3) is 0.600. The van der Waals surface area contributed by atoms with E-state index in [0.717, 1.165) is 22.5 Å². The third-order valence-electron chi connectivity index (χ3n) is 3.70. The highest BCUT2D eigenvalue weighted by atomic mass is 32.2. The van der Waals surface area contributed by atoms with Crippen molar-refractivity contribution in [1.82, 2.24) is 4.31 Å². The summed E-state index contributed by atoms with van der Waals surface area (Å²) in [6, 6.07) is 2.00. The maximum Gasteiger partial charge on any atom is 0.217 e. The summed E-state index contributed by atoms with van der Waals surface area (Å²) in [6.07, 6.45) is -0.987. The standard InChI is InChI=1S/C15H21F2NO4S/c1-10(2)22-5-6-23(20,21)18-9-12(19)8-15(18)13-7-11(16)3-4-14(13)17/h3-4,7,10,12,15,19H,5-6,8-9H2,1-2H3/t12-,15-/m1/s1. The summed E-state index contributed by atoms with van der Waals surface area (Å²) >= 11 is 0. The molecule has 5 nitrogen and oxygen atoms in total. The Bertz CT molecular complexity index is 651. The number of hydrogen-bond acceptors (Lipinski definition) is 4. The highest BCUT2D eigenvalue weighted by Crippen LogP contribution is 2.36. The Labute approximate surface area is 134 Å².